The lowest BCUT2D eigenvalue weighted by Crippen LogP contribution is -2.43. The molecule has 2 N–H and O–H groups in total. The van der Waals surface area contributed by atoms with E-state index < -0.39 is 10.0 Å². The van der Waals surface area contributed by atoms with Gasteiger partial charge in [-0.15, -0.1) is 0 Å². The zero-order valence-corrected chi connectivity index (χ0v) is 16.0. The quantitative estimate of drug-likeness (QED) is 0.768. The number of urea groups is 1. The lowest BCUT2D eigenvalue weighted by molar-refractivity contribution is 0.239. The molecule has 0 spiro atoms. The second-order valence-corrected chi connectivity index (χ2v) is 8.51. The number of nitrogens with zero attached hydrogens (tertiary/aromatic N) is 2. The van der Waals surface area contributed by atoms with E-state index in [1.807, 2.05) is 38.1 Å². The molecular weight excluding hydrogens is 340 g/mol. The molecule has 1 aromatic rings. The molecule has 2 amide bonds. The van der Waals surface area contributed by atoms with Crippen molar-refractivity contribution in [1.29, 1.82) is 0 Å². The Hall–Kier alpha value is -1.96. The SMILES string of the molecule is CC(C)NC(=O)NCCN(c1ccc(N2CCCC2)cc1)S(C)(=O)=O. The fourth-order valence-electron chi connectivity index (χ4n) is 2.88. The molecule has 8 heteroatoms. The molecular formula is C17H28N4O3S. The predicted octanol–water partition coefficient (Wildman–Crippen LogP) is 1.76. The monoisotopic (exact) mass is 368 g/mol. The number of benzene rings is 1. The van der Waals surface area contributed by atoms with Gasteiger partial charge in [0.1, 0.15) is 0 Å². The number of anilines is 2. The van der Waals surface area contributed by atoms with Gasteiger partial charge >= 0.3 is 6.03 Å². The largest absolute Gasteiger partial charge is 0.372 e. The fourth-order valence-corrected chi connectivity index (χ4v) is 3.80. The van der Waals surface area contributed by atoms with Crippen LogP contribution in [0.15, 0.2) is 24.3 Å². The average molecular weight is 369 g/mol. The summed E-state index contributed by atoms with van der Waals surface area (Å²) in [6.07, 6.45) is 3.57. The number of hydrogen-bond donors (Lipinski definition) is 2. The molecule has 0 aromatic heterocycles. The van der Waals surface area contributed by atoms with Crippen LogP contribution in [-0.4, -0.2) is 52.9 Å². The van der Waals surface area contributed by atoms with Crippen LogP contribution in [-0.2, 0) is 10.0 Å². The number of nitrogens with one attached hydrogen (secondary N) is 2. The van der Waals surface area contributed by atoms with Gasteiger partial charge in [0.2, 0.25) is 10.0 Å². The number of carbonyl (C=O) groups excluding carboxylic acids is 1. The zero-order valence-electron chi connectivity index (χ0n) is 15.2. The van der Waals surface area contributed by atoms with Gasteiger partial charge in [-0.1, -0.05) is 0 Å². The Morgan fingerprint density at radius 1 is 1.20 bits per heavy atom. The molecule has 2 rings (SSSR count). The Balaban J connectivity index is 2.01. The first-order valence-corrected chi connectivity index (χ1v) is 10.5. The molecule has 140 valence electrons. The molecule has 0 radical (unpaired) electrons. The maximum Gasteiger partial charge on any atom is 0.315 e. The Kier molecular flexibility index (Phi) is 6.52. The minimum atomic E-state index is -3.42. The van der Waals surface area contributed by atoms with E-state index in [1.165, 1.54) is 23.4 Å². The van der Waals surface area contributed by atoms with Crippen molar-refractivity contribution < 1.29 is 13.2 Å². The lowest BCUT2D eigenvalue weighted by Gasteiger charge is -2.24. The number of carbonyl (C=O) groups is 1. The van der Waals surface area contributed by atoms with Crippen LogP contribution in [0, 0.1) is 0 Å². The summed E-state index contributed by atoms with van der Waals surface area (Å²) in [6, 6.07) is 7.29. The molecule has 0 unspecified atom stereocenters. The van der Waals surface area contributed by atoms with Crippen molar-refractivity contribution in [2.24, 2.45) is 0 Å². The topological polar surface area (TPSA) is 81.8 Å². The lowest BCUT2D eigenvalue weighted by atomic mass is 10.2. The van der Waals surface area contributed by atoms with Crippen LogP contribution in [0.4, 0.5) is 16.2 Å². The van der Waals surface area contributed by atoms with Gasteiger partial charge in [-0.25, -0.2) is 13.2 Å². The van der Waals surface area contributed by atoms with E-state index in [0.717, 1.165) is 18.8 Å². The first kappa shape index (κ1) is 19.4. The molecule has 1 aliphatic rings. The number of rotatable bonds is 7. The molecule has 1 saturated heterocycles. The Morgan fingerprint density at radius 2 is 1.80 bits per heavy atom. The van der Waals surface area contributed by atoms with Crippen LogP contribution in [0.5, 0.6) is 0 Å². The van der Waals surface area contributed by atoms with Crippen LogP contribution in [0.25, 0.3) is 0 Å². The van der Waals surface area contributed by atoms with Gasteiger partial charge in [0, 0.05) is 31.4 Å². The molecule has 0 atom stereocenters. The number of hydrogen-bond acceptors (Lipinski definition) is 4. The molecule has 0 saturated carbocycles. The van der Waals surface area contributed by atoms with E-state index >= 15 is 0 Å². The van der Waals surface area contributed by atoms with Crippen molar-refractivity contribution >= 4 is 27.4 Å². The van der Waals surface area contributed by atoms with Crippen LogP contribution in [0.1, 0.15) is 26.7 Å². The van der Waals surface area contributed by atoms with E-state index in [2.05, 4.69) is 15.5 Å². The van der Waals surface area contributed by atoms with E-state index in [1.54, 1.807) is 0 Å². The zero-order chi connectivity index (χ0) is 18.4. The molecule has 25 heavy (non-hydrogen) atoms. The summed E-state index contributed by atoms with van der Waals surface area (Å²) in [7, 11) is -3.42. The smallest absolute Gasteiger partial charge is 0.315 e. The average Bonchev–Trinajstić information content (AvgIpc) is 3.04. The molecule has 1 heterocycles. The normalized spacial score (nSPS) is 14.6. The third-order valence-corrected chi connectivity index (χ3v) is 5.22. The van der Waals surface area contributed by atoms with Crippen molar-refractivity contribution in [3.05, 3.63) is 24.3 Å². The third kappa shape index (κ3) is 5.81. The highest BCUT2D eigenvalue weighted by Gasteiger charge is 2.18. The summed E-state index contributed by atoms with van der Waals surface area (Å²) < 4.78 is 25.5. The Morgan fingerprint density at radius 3 is 2.32 bits per heavy atom. The van der Waals surface area contributed by atoms with Gasteiger partial charge in [0.25, 0.3) is 0 Å². The van der Waals surface area contributed by atoms with E-state index in [-0.39, 0.29) is 25.2 Å². The Labute approximate surface area is 150 Å². The van der Waals surface area contributed by atoms with Crippen molar-refractivity contribution in [3.8, 4) is 0 Å². The first-order chi connectivity index (χ1) is 11.8. The number of amides is 2. The molecule has 1 aromatic carbocycles. The summed E-state index contributed by atoms with van der Waals surface area (Å²) in [5.74, 6) is 0. The van der Waals surface area contributed by atoms with Crippen molar-refractivity contribution in [1.82, 2.24) is 10.6 Å². The van der Waals surface area contributed by atoms with E-state index in [0.29, 0.717) is 5.69 Å². The predicted molar refractivity (Wildman–Crippen MR) is 102 cm³/mol. The van der Waals surface area contributed by atoms with Crippen LogP contribution in [0.2, 0.25) is 0 Å². The van der Waals surface area contributed by atoms with Crippen molar-refractivity contribution in [2.75, 3.05) is 41.6 Å². The van der Waals surface area contributed by atoms with Crippen LogP contribution in [0.3, 0.4) is 0 Å². The maximum absolute atomic E-state index is 12.1. The second kappa shape index (κ2) is 8.42. The van der Waals surface area contributed by atoms with E-state index in [4.69, 9.17) is 0 Å². The molecule has 0 aliphatic carbocycles. The highest BCUT2D eigenvalue weighted by atomic mass is 32.2. The highest BCUT2D eigenvalue weighted by molar-refractivity contribution is 7.92. The van der Waals surface area contributed by atoms with E-state index in [9.17, 15) is 13.2 Å². The fraction of sp³-hybridized carbons (Fsp3) is 0.588. The third-order valence-electron chi connectivity index (χ3n) is 4.03. The summed E-state index contributed by atoms with van der Waals surface area (Å²) in [5.41, 5.74) is 1.72. The highest BCUT2D eigenvalue weighted by Crippen LogP contribution is 2.24. The van der Waals surface area contributed by atoms with Gasteiger partial charge in [0.05, 0.1) is 18.5 Å². The van der Waals surface area contributed by atoms with Crippen LogP contribution >= 0.6 is 0 Å². The molecule has 7 nitrogen and oxygen atoms in total. The summed E-state index contributed by atoms with van der Waals surface area (Å²) >= 11 is 0. The van der Waals surface area contributed by atoms with Gasteiger partial charge in [-0.05, 0) is 51.0 Å². The molecule has 0 bridgehead atoms. The van der Waals surface area contributed by atoms with Gasteiger partial charge in [-0.3, -0.25) is 4.31 Å². The van der Waals surface area contributed by atoms with Gasteiger partial charge < -0.3 is 15.5 Å². The van der Waals surface area contributed by atoms with Crippen molar-refractivity contribution in [2.45, 2.75) is 32.7 Å². The van der Waals surface area contributed by atoms with Gasteiger partial charge in [-0.2, -0.15) is 0 Å². The maximum atomic E-state index is 12.1. The van der Waals surface area contributed by atoms with Gasteiger partial charge in [0.15, 0.2) is 0 Å². The summed E-state index contributed by atoms with van der Waals surface area (Å²) in [5, 5.41) is 5.39. The minimum Gasteiger partial charge on any atom is -0.372 e. The minimum absolute atomic E-state index is 0.0316. The first-order valence-electron chi connectivity index (χ1n) is 8.64. The van der Waals surface area contributed by atoms with Crippen LogP contribution < -0.4 is 19.8 Å². The molecule has 1 fully saturated rings. The number of sulfonamides is 1. The summed E-state index contributed by atoms with van der Waals surface area (Å²) in [6.45, 7) is 6.25. The molecule has 1 aliphatic heterocycles. The Bertz CT molecular complexity index is 668. The second-order valence-electron chi connectivity index (χ2n) is 6.60. The van der Waals surface area contributed by atoms with Crippen molar-refractivity contribution in [3.63, 3.8) is 0 Å². The summed E-state index contributed by atoms with van der Waals surface area (Å²) in [4.78, 5) is 13.9. The standard InChI is InChI=1S/C17H28N4O3S/c1-14(2)19-17(22)18-10-13-21(25(3,23)24)16-8-6-15(7-9-16)20-11-4-5-12-20/h6-9,14H,4-5,10-13H2,1-3H3,(H2,18,19,22).